The average Bonchev–Trinajstić information content (AvgIpc) is 2.14. The van der Waals surface area contributed by atoms with E-state index in [0.29, 0.717) is 0 Å². The van der Waals surface area contributed by atoms with E-state index in [-0.39, 0.29) is 39.6 Å². The molecule has 0 aromatic heterocycles. The lowest BCUT2D eigenvalue weighted by Gasteiger charge is -2.11. The molecule has 0 rings (SSSR count). The van der Waals surface area contributed by atoms with Crippen molar-refractivity contribution in [3.8, 4) is 0 Å². The monoisotopic (exact) mass is 1520 g/mol. The van der Waals surface area contributed by atoms with Gasteiger partial charge >= 0.3 is 0 Å². The van der Waals surface area contributed by atoms with Crippen molar-refractivity contribution in [1.82, 2.24) is 0 Å². The third-order valence-electron chi connectivity index (χ3n) is 2.58. The smallest absolute Gasteiger partial charge is 0.167 e. The van der Waals surface area contributed by atoms with E-state index in [1.54, 1.807) is 0 Å². The van der Waals surface area contributed by atoms with Crippen molar-refractivity contribution in [2.45, 2.75) is 6.10 Å². The molecule has 35 nitrogen and oxygen atoms in total. The molecule has 0 aromatic carbocycles. The van der Waals surface area contributed by atoms with E-state index in [9.17, 15) is 5.11 Å². The Morgan fingerprint density at radius 2 is 0.308 bits per heavy atom. The molecule has 1 N–H and O–H groups in total. The SMILES string of the molecule is C=C.C=C.C=C.C=C.C=C.C=C.C=C.C=C.C=C.C=C.C=C.C=C.C=C.C=C.C=C.C=C.C=C.C=C.C=C.C=C.C=C.C=C.C=C.C=C.C=C.C=C.C=C.C=C.CO/C=C\OOOOOOOOOOOOOOOCCOCC(O)COCCOOOOOOOOOOOOOOO/C=C\OC. The lowest BCUT2D eigenvalue weighted by atomic mass is 10.4. The van der Waals surface area contributed by atoms with Gasteiger partial charge in [-0.2, -0.15) is 0 Å². The summed E-state index contributed by atoms with van der Waals surface area (Å²) in [5, 5.41) is 106. The van der Waals surface area contributed by atoms with Gasteiger partial charge in [-0.25, -0.2) is 9.78 Å². The summed E-state index contributed by atoms with van der Waals surface area (Å²) in [6, 6.07) is 0. The van der Waals surface area contributed by atoms with Crippen molar-refractivity contribution in [1.29, 1.82) is 0 Å². The van der Waals surface area contributed by atoms with Gasteiger partial charge in [-0.3, -0.25) is 0 Å². The molecule has 0 radical (unpaired) electrons. The molecule has 0 aliphatic heterocycles. The third-order valence-corrected chi connectivity index (χ3v) is 2.58. The molecule has 104 heavy (non-hydrogen) atoms. The number of hydrogen-bond donors (Lipinski definition) is 1. The van der Waals surface area contributed by atoms with Crippen molar-refractivity contribution in [2.24, 2.45) is 0 Å². The molecule has 0 heterocycles. The first-order chi connectivity index (χ1) is 51.8. The molecule has 0 aromatic rings. The molecular weight excluding hydrogens is 1390 g/mol. The summed E-state index contributed by atoms with van der Waals surface area (Å²) >= 11 is 0. The van der Waals surface area contributed by atoms with Crippen LogP contribution < -0.4 is 0 Å². The standard InChI is InChI=1S/C13H24O35.28C2H4/c1-15-3-7-19-23-27-31-35-39-43-47-45-41-37-33-29-25-21-9-5-17-11-13(14)12-18-6-10-22-26-30-34-38-42-46-48-44-40-36-32-28-24-20-8-4-16-2;28*1-2/h3-4,7-8,13-14H,5-6,9-12H2,1-2H3;28*1-2H2/b7-3-,8-4-;;;;;;;;;;;;;;;;;;;;;;;;;;;;. The molecule has 0 saturated carbocycles. The van der Waals surface area contributed by atoms with Gasteiger partial charge in [0.1, 0.15) is 31.8 Å². The summed E-state index contributed by atoms with van der Waals surface area (Å²) < 4.78 is 19.0. The highest BCUT2D eigenvalue weighted by atomic mass is 18.0. The Bertz CT molecular complexity index is 928. The quantitative estimate of drug-likeness (QED) is 0.0195. The fourth-order valence-electron chi connectivity index (χ4n) is 1.26. The third kappa shape index (κ3) is 586. The van der Waals surface area contributed by atoms with Crippen LogP contribution in [0.5, 0.6) is 0 Å². The normalized spacial score (nSPS) is 6.50. The van der Waals surface area contributed by atoms with Crippen LogP contribution in [0.15, 0.2) is 393 Å². The first kappa shape index (κ1) is 192. The highest BCUT2D eigenvalue weighted by Gasteiger charge is 2.06. The number of hydrogen-bond acceptors (Lipinski definition) is 35. The van der Waals surface area contributed by atoms with E-state index in [1.165, 1.54) is 14.2 Å². The zero-order chi connectivity index (χ0) is 90.7. The van der Waals surface area contributed by atoms with E-state index >= 15 is 0 Å². The van der Waals surface area contributed by atoms with Crippen molar-refractivity contribution < 1.29 is 175 Å². The van der Waals surface area contributed by atoms with E-state index in [1.807, 2.05) is 0 Å². The van der Waals surface area contributed by atoms with Crippen LogP contribution in [-0.2, 0) is 169 Å². The van der Waals surface area contributed by atoms with Gasteiger partial charge in [-0.15, -0.1) is 368 Å². The number of ether oxygens (including phenoxy) is 4. The fourth-order valence-corrected chi connectivity index (χ4v) is 1.26. The predicted molar refractivity (Wildman–Crippen MR) is 417 cm³/mol. The largest absolute Gasteiger partial charge is 0.501 e. The molecule has 0 bridgehead atoms. The predicted octanol–water partition coefficient (Wildman–Crippen LogP) is 21.2. The topological polar surface area (TPSA) is 334 Å². The molecule has 0 spiro atoms. The number of aliphatic hydroxyl groups is 1. The molecule has 35 heteroatoms. The average molecular weight is 1530 g/mol. The van der Waals surface area contributed by atoms with Gasteiger partial charge in [0.05, 0.1) is 40.6 Å². The molecule has 622 valence electrons. The Morgan fingerprint density at radius 3 is 0.442 bits per heavy atom. The molecule has 0 unspecified atom stereocenters. The van der Waals surface area contributed by atoms with Crippen LogP contribution in [0.1, 0.15) is 0 Å². The summed E-state index contributed by atoms with van der Waals surface area (Å²) in [6.45, 7) is 167. The van der Waals surface area contributed by atoms with Crippen molar-refractivity contribution in [3.05, 3.63) is 393 Å². The van der Waals surface area contributed by atoms with Crippen LogP contribution in [-0.4, -0.2) is 65.1 Å². The van der Waals surface area contributed by atoms with Crippen LogP contribution >= 0.6 is 0 Å². The second kappa shape index (κ2) is 573. The van der Waals surface area contributed by atoms with Gasteiger partial charge < -0.3 is 33.8 Å². The Hall–Kier alpha value is -9.84. The van der Waals surface area contributed by atoms with E-state index in [0.717, 1.165) is 25.0 Å². The summed E-state index contributed by atoms with van der Waals surface area (Å²) in [7, 11) is 2.69. The highest BCUT2D eigenvalue weighted by Crippen LogP contribution is 1.96. The van der Waals surface area contributed by atoms with Gasteiger partial charge in [-0.05, 0) is 60.5 Å². The maximum atomic E-state index is 9.68. The van der Waals surface area contributed by atoms with Crippen molar-refractivity contribution in [3.63, 3.8) is 0 Å². The molecule has 0 amide bonds. The van der Waals surface area contributed by atoms with E-state index in [2.05, 4.69) is 528 Å². The molecule has 0 aliphatic rings. The minimum Gasteiger partial charge on any atom is -0.501 e. The van der Waals surface area contributed by atoms with Crippen LogP contribution in [0.3, 0.4) is 0 Å². The molecule has 0 saturated heterocycles. The van der Waals surface area contributed by atoms with Gasteiger partial charge in [0.15, 0.2) is 12.5 Å². The van der Waals surface area contributed by atoms with E-state index in [4.69, 9.17) is 9.47 Å². The fraction of sp³-hybridized carbons (Fsp3) is 0.130. The van der Waals surface area contributed by atoms with Gasteiger partial charge in [0.2, 0.25) is 0 Å². The second-order valence-corrected chi connectivity index (χ2v) is 5.42. The lowest BCUT2D eigenvalue weighted by molar-refractivity contribution is -0.879. The van der Waals surface area contributed by atoms with E-state index < -0.39 is 6.10 Å². The van der Waals surface area contributed by atoms with Crippen LogP contribution in [0.25, 0.3) is 0 Å². The molecule has 0 fully saturated rings. The lowest BCUT2D eigenvalue weighted by Crippen LogP contribution is -2.24. The number of rotatable bonds is 42. The Labute approximate surface area is 626 Å². The maximum absolute atomic E-state index is 9.68. The summed E-state index contributed by atoms with van der Waals surface area (Å²) in [5.74, 6) is 0. The van der Waals surface area contributed by atoms with Crippen LogP contribution in [0, 0.1) is 0 Å². The van der Waals surface area contributed by atoms with Gasteiger partial charge in [-0.1, -0.05) is 0 Å². The zero-order valence-electron chi connectivity index (χ0n) is 63.1. The second-order valence-electron chi connectivity index (χ2n) is 5.42. The van der Waals surface area contributed by atoms with Gasteiger partial charge in [0, 0.05) is 70.5 Å². The summed E-state index contributed by atoms with van der Waals surface area (Å²) in [5.41, 5.74) is 0. The molecule has 0 atom stereocenters. The summed E-state index contributed by atoms with van der Waals surface area (Å²) in [6.07, 6.45) is 3.01. The maximum Gasteiger partial charge on any atom is 0.167 e. The highest BCUT2D eigenvalue weighted by molar-refractivity contribution is 4.56. The Balaban J connectivity index is -0.0000000309. The van der Waals surface area contributed by atoms with Crippen molar-refractivity contribution in [2.75, 3.05) is 53.9 Å². The Morgan fingerprint density at radius 1 is 0.183 bits per heavy atom. The minimum atomic E-state index is -1.02. The zero-order valence-corrected chi connectivity index (χ0v) is 63.1. The minimum absolute atomic E-state index is 0.0651. The first-order valence-corrected chi connectivity index (χ1v) is 24.9. The van der Waals surface area contributed by atoms with Crippen molar-refractivity contribution >= 4 is 0 Å². The summed E-state index contributed by atoms with van der Waals surface area (Å²) in [4.78, 5) is 17.1. The molecule has 0 aliphatic carbocycles. The number of methoxy groups -OCH3 is 2. The first-order valence-electron chi connectivity index (χ1n) is 24.9. The van der Waals surface area contributed by atoms with Gasteiger partial charge in [0.25, 0.3) is 0 Å². The number of aliphatic hydroxyl groups excluding tert-OH is 1. The van der Waals surface area contributed by atoms with Crippen LogP contribution in [0.4, 0.5) is 0 Å². The molecular formula is C69H136O35. The Kier molecular flexibility index (Phi) is 1060. The van der Waals surface area contributed by atoms with Crippen LogP contribution in [0.2, 0.25) is 0 Å².